The summed E-state index contributed by atoms with van der Waals surface area (Å²) >= 11 is 3.26. The van der Waals surface area contributed by atoms with E-state index in [4.69, 9.17) is 0 Å². The molecule has 0 radical (unpaired) electrons. The molecule has 1 N–H and O–H groups in total. The largest absolute Gasteiger partial charge is 0.386 e. The number of sulfone groups is 1. The van der Waals surface area contributed by atoms with Gasteiger partial charge in [-0.25, -0.2) is 8.42 Å². The summed E-state index contributed by atoms with van der Waals surface area (Å²) in [7, 11) is -3.41. The van der Waals surface area contributed by atoms with E-state index in [1.54, 1.807) is 26.0 Å². The molecule has 0 heterocycles. The van der Waals surface area contributed by atoms with E-state index in [2.05, 4.69) is 15.9 Å². The zero-order valence-electron chi connectivity index (χ0n) is 10.9. The molecular formula is C13H19BrO3S. The third-order valence-corrected chi connectivity index (χ3v) is 8.05. The van der Waals surface area contributed by atoms with Gasteiger partial charge in [0, 0.05) is 5.75 Å². The molecule has 102 valence electrons. The van der Waals surface area contributed by atoms with E-state index < -0.39 is 19.6 Å². The average molecular weight is 335 g/mol. The van der Waals surface area contributed by atoms with Crippen LogP contribution in [0.25, 0.3) is 0 Å². The summed E-state index contributed by atoms with van der Waals surface area (Å²) < 4.78 is 23.0. The molecule has 5 heteroatoms. The Bertz CT molecular complexity index is 513. The fourth-order valence-corrected chi connectivity index (χ4v) is 4.27. The van der Waals surface area contributed by atoms with Gasteiger partial charge < -0.3 is 5.11 Å². The van der Waals surface area contributed by atoms with Crippen LogP contribution in [-0.4, -0.2) is 22.9 Å². The predicted molar refractivity (Wildman–Crippen MR) is 77.5 cm³/mol. The Kier molecular flexibility index (Phi) is 4.98. The molecule has 0 saturated carbocycles. The predicted octanol–water partition coefficient (Wildman–Crippen LogP) is 2.96. The monoisotopic (exact) mass is 334 g/mol. The van der Waals surface area contributed by atoms with Gasteiger partial charge in [-0.1, -0.05) is 54.0 Å². The summed E-state index contributed by atoms with van der Waals surface area (Å²) in [5, 5.41) is 10.5. The molecule has 3 nitrogen and oxygen atoms in total. The number of aliphatic hydroxyl groups excluding tert-OH is 1. The SMILES string of the molecule is CC[C@](Br)([C@@H](O)c1ccccc1C)S(=O)(=O)CC. The Balaban J connectivity index is 3.31. The summed E-state index contributed by atoms with van der Waals surface area (Å²) in [5.74, 6) is -0.00493. The number of aliphatic hydroxyl groups is 1. The average Bonchev–Trinajstić information content (AvgIpc) is 2.37. The minimum atomic E-state index is -3.41. The van der Waals surface area contributed by atoms with Crippen molar-refractivity contribution in [3.63, 3.8) is 0 Å². The van der Waals surface area contributed by atoms with Crippen LogP contribution in [0.3, 0.4) is 0 Å². The van der Waals surface area contributed by atoms with E-state index in [0.29, 0.717) is 12.0 Å². The van der Waals surface area contributed by atoms with Gasteiger partial charge in [0.1, 0.15) is 6.10 Å². The van der Waals surface area contributed by atoms with Crippen molar-refractivity contribution in [1.82, 2.24) is 0 Å². The normalized spacial score (nSPS) is 17.2. The lowest BCUT2D eigenvalue weighted by molar-refractivity contribution is 0.159. The first-order valence-electron chi connectivity index (χ1n) is 5.95. The summed E-state index contributed by atoms with van der Waals surface area (Å²) in [4.78, 5) is 0. The summed E-state index contributed by atoms with van der Waals surface area (Å²) in [6.45, 7) is 5.20. The molecule has 0 aliphatic rings. The van der Waals surface area contributed by atoms with E-state index in [1.165, 1.54) is 0 Å². The first kappa shape index (κ1) is 15.7. The van der Waals surface area contributed by atoms with Gasteiger partial charge in [0.25, 0.3) is 0 Å². The van der Waals surface area contributed by atoms with Crippen LogP contribution in [0.15, 0.2) is 24.3 Å². The Labute approximate surface area is 117 Å². The number of benzene rings is 1. The number of halogens is 1. The molecule has 0 aromatic heterocycles. The van der Waals surface area contributed by atoms with E-state index in [9.17, 15) is 13.5 Å². The van der Waals surface area contributed by atoms with Crippen LogP contribution in [0.1, 0.15) is 37.5 Å². The zero-order chi connectivity index (χ0) is 14.0. The number of hydrogen-bond acceptors (Lipinski definition) is 3. The van der Waals surface area contributed by atoms with Gasteiger partial charge in [0.15, 0.2) is 13.5 Å². The van der Waals surface area contributed by atoms with Crippen molar-refractivity contribution < 1.29 is 13.5 Å². The van der Waals surface area contributed by atoms with E-state index in [1.807, 2.05) is 19.1 Å². The molecule has 0 spiro atoms. The van der Waals surface area contributed by atoms with Crippen LogP contribution in [0.2, 0.25) is 0 Å². The fourth-order valence-electron chi connectivity index (χ4n) is 1.95. The van der Waals surface area contributed by atoms with Crippen molar-refractivity contribution in [2.24, 2.45) is 0 Å². The van der Waals surface area contributed by atoms with E-state index >= 15 is 0 Å². The number of rotatable bonds is 5. The van der Waals surface area contributed by atoms with Crippen molar-refractivity contribution >= 4 is 25.8 Å². The van der Waals surface area contributed by atoms with Crippen LogP contribution in [0, 0.1) is 6.92 Å². The maximum absolute atomic E-state index is 12.2. The molecule has 0 bridgehead atoms. The van der Waals surface area contributed by atoms with Gasteiger partial charge in [0.05, 0.1) is 0 Å². The van der Waals surface area contributed by atoms with Crippen LogP contribution in [-0.2, 0) is 9.84 Å². The Hall–Kier alpha value is -0.390. The third kappa shape index (κ3) is 2.63. The molecule has 0 unspecified atom stereocenters. The molecular weight excluding hydrogens is 316 g/mol. The first-order valence-corrected chi connectivity index (χ1v) is 8.39. The summed E-state index contributed by atoms with van der Waals surface area (Å²) in [6, 6.07) is 7.28. The quantitative estimate of drug-likeness (QED) is 0.842. The standard InChI is InChI=1S/C13H19BrO3S/c1-4-13(14,18(16,17)5-2)12(15)11-9-7-6-8-10(11)3/h6-9,12,15H,4-5H2,1-3H3/t12-,13+/m0/s1. The molecule has 1 aromatic carbocycles. The molecule has 1 aromatic rings. The second-order valence-electron chi connectivity index (χ2n) is 4.30. The van der Waals surface area contributed by atoms with Crippen molar-refractivity contribution in [2.45, 2.75) is 37.0 Å². The maximum atomic E-state index is 12.2. The maximum Gasteiger partial charge on any atom is 0.168 e. The van der Waals surface area contributed by atoms with Gasteiger partial charge in [-0.05, 0) is 24.5 Å². The van der Waals surface area contributed by atoms with Gasteiger partial charge in [-0.3, -0.25) is 0 Å². The Morgan fingerprint density at radius 1 is 1.33 bits per heavy atom. The highest BCUT2D eigenvalue weighted by Gasteiger charge is 2.46. The number of aryl methyl sites for hydroxylation is 1. The minimum Gasteiger partial charge on any atom is -0.386 e. The molecule has 0 saturated heterocycles. The highest BCUT2D eigenvalue weighted by Crippen LogP contribution is 2.42. The van der Waals surface area contributed by atoms with Crippen LogP contribution in [0.4, 0.5) is 0 Å². The van der Waals surface area contributed by atoms with Crippen molar-refractivity contribution in [3.05, 3.63) is 35.4 Å². The van der Waals surface area contributed by atoms with E-state index in [0.717, 1.165) is 5.56 Å². The third-order valence-electron chi connectivity index (χ3n) is 3.27. The van der Waals surface area contributed by atoms with Crippen molar-refractivity contribution in [3.8, 4) is 0 Å². The molecule has 2 atom stereocenters. The van der Waals surface area contributed by atoms with Crippen LogP contribution < -0.4 is 0 Å². The van der Waals surface area contributed by atoms with Crippen molar-refractivity contribution in [1.29, 1.82) is 0 Å². The summed E-state index contributed by atoms with van der Waals surface area (Å²) in [5.41, 5.74) is 1.53. The first-order chi connectivity index (χ1) is 8.30. The lowest BCUT2D eigenvalue weighted by atomic mass is 10.00. The molecule has 1 rings (SSSR count). The lowest BCUT2D eigenvalue weighted by Gasteiger charge is -2.31. The van der Waals surface area contributed by atoms with Gasteiger partial charge in [0.2, 0.25) is 0 Å². The second-order valence-corrected chi connectivity index (χ2v) is 8.78. The van der Waals surface area contributed by atoms with Gasteiger partial charge in [-0.2, -0.15) is 0 Å². The van der Waals surface area contributed by atoms with Crippen LogP contribution in [0.5, 0.6) is 0 Å². The number of hydrogen-bond donors (Lipinski definition) is 1. The fraction of sp³-hybridized carbons (Fsp3) is 0.538. The highest BCUT2D eigenvalue weighted by atomic mass is 79.9. The molecule has 0 fully saturated rings. The zero-order valence-corrected chi connectivity index (χ0v) is 13.3. The summed E-state index contributed by atoms with van der Waals surface area (Å²) in [6.07, 6.45) is -0.771. The lowest BCUT2D eigenvalue weighted by Crippen LogP contribution is -2.39. The van der Waals surface area contributed by atoms with Crippen molar-refractivity contribution in [2.75, 3.05) is 5.75 Å². The molecule has 0 aliphatic heterocycles. The smallest absolute Gasteiger partial charge is 0.168 e. The highest BCUT2D eigenvalue weighted by molar-refractivity contribution is 9.11. The molecule has 0 aliphatic carbocycles. The van der Waals surface area contributed by atoms with E-state index in [-0.39, 0.29) is 5.75 Å². The van der Waals surface area contributed by atoms with Gasteiger partial charge >= 0.3 is 0 Å². The second kappa shape index (κ2) is 5.72. The topological polar surface area (TPSA) is 54.4 Å². The Morgan fingerprint density at radius 2 is 1.89 bits per heavy atom. The molecule has 0 amide bonds. The van der Waals surface area contributed by atoms with Crippen LogP contribution >= 0.6 is 15.9 Å². The van der Waals surface area contributed by atoms with Gasteiger partial charge in [-0.15, -0.1) is 0 Å². The molecule has 18 heavy (non-hydrogen) atoms. The number of alkyl halides is 1. The Morgan fingerprint density at radius 3 is 2.33 bits per heavy atom. The minimum absolute atomic E-state index is 0.00493.